The lowest BCUT2D eigenvalue weighted by Crippen LogP contribution is -2.40. The van der Waals surface area contributed by atoms with E-state index in [-0.39, 0.29) is 17.2 Å². The highest BCUT2D eigenvalue weighted by atomic mass is 32.2. The maximum atomic E-state index is 13.3. The van der Waals surface area contributed by atoms with E-state index in [1.165, 1.54) is 16.4 Å². The van der Waals surface area contributed by atoms with E-state index in [4.69, 9.17) is 0 Å². The fourth-order valence-electron chi connectivity index (χ4n) is 4.27. The van der Waals surface area contributed by atoms with Crippen LogP contribution in [0.4, 0.5) is 0 Å². The molecule has 0 aliphatic heterocycles. The van der Waals surface area contributed by atoms with Crippen LogP contribution in [0.3, 0.4) is 0 Å². The molecule has 1 aliphatic carbocycles. The molecule has 0 N–H and O–H groups in total. The molecule has 3 aromatic rings. The molecule has 1 aliphatic rings. The molecule has 0 atom stereocenters. The number of amides is 1. The minimum Gasteiger partial charge on any atom is -0.342 e. The van der Waals surface area contributed by atoms with Crippen molar-refractivity contribution in [1.29, 1.82) is 0 Å². The summed E-state index contributed by atoms with van der Waals surface area (Å²) in [5.74, 6) is 1.01. The number of thioether (sulfide) groups is 1. The first kappa shape index (κ1) is 22.3. The predicted molar refractivity (Wildman–Crippen MR) is 123 cm³/mol. The average Bonchev–Trinajstić information content (AvgIpc) is 3.34. The average molecular weight is 456 g/mol. The van der Waals surface area contributed by atoms with Crippen molar-refractivity contribution >= 4 is 17.7 Å². The first-order valence-corrected chi connectivity index (χ1v) is 11.9. The Bertz CT molecular complexity index is 1140. The van der Waals surface area contributed by atoms with E-state index in [2.05, 4.69) is 22.4 Å². The zero-order valence-corrected chi connectivity index (χ0v) is 19.7. The van der Waals surface area contributed by atoms with Crippen LogP contribution in [-0.4, -0.2) is 59.2 Å². The van der Waals surface area contributed by atoms with Crippen LogP contribution in [0.25, 0.3) is 11.4 Å². The minimum absolute atomic E-state index is 0.0515. The molecule has 2 heterocycles. The number of rotatable bonds is 6. The van der Waals surface area contributed by atoms with Gasteiger partial charge in [0.1, 0.15) is 0 Å². The largest absolute Gasteiger partial charge is 0.342 e. The highest BCUT2D eigenvalue weighted by Gasteiger charge is 2.26. The van der Waals surface area contributed by atoms with Crippen LogP contribution >= 0.6 is 11.8 Å². The molecule has 0 unspecified atom stereocenters. The summed E-state index contributed by atoms with van der Waals surface area (Å²) in [6, 6.07) is 9.72. The molecule has 1 aromatic carbocycles. The fourth-order valence-corrected chi connectivity index (χ4v) is 5.07. The summed E-state index contributed by atoms with van der Waals surface area (Å²) >= 11 is 1.26. The number of carbonyl (C=O) groups excluding carboxylic acids is 1. The third-order valence-electron chi connectivity index (χ3n) is 6.43. The Morgan fingerprint density at radius 2 is 1.88 bits per heavy atom. The molecule has 2 aromatic heterocycles. The van der Waals surface area contributed by atoms with E-state index in [1.807, 2.05) is 56.3 Å². The number of nitrogens with zero attached hydrogens (tertiary/aromatic N) is 7. The maximum absolute atomic E-state index is 13.3. The Balaban J connectivity index is 1.53. The lowest BCUT2D eigenvalue weighted by molar-refractivity contribution is -0.129. The molecule has 1 fully saturated rings. The Kier molecular flexibility index (Phi) is 6.50. The van der Waals surface area contributed by atoms with E-state index in [0.29, 0.717) is 16.9 Å². The van der Waals surface area contributed by atoms with E-state index < -0.39 is 0 Å². The van der Waals surface area contributed by atoms with Gasteiger partial charge in [0.05, 0.1) is 17.1 Å². The Labute approximate surface area is 191 Å². The second kappa shape index (κ2) is 9.32. The summed E-state index contributed by atoms with van der Waals surface area (Å²) in [7, 11) is 3.71. The van der Waals surface area contributed by atoms with Gasteiger partial charge in [-0.3, -0.25) is 14.3 Å². The van der Waals surface area contributed by atoms with Gasteiger partial charge in [-0.05, 0) is 61.1 Å². The maximum Gasteiger partial charge on any atom is 0.297 e. The predicted octanol–water partition coefficient (Wildman–Crippen LogP) is 2.59. The number of benzene rings is 1. The first-order valence-electron chi connectivity index (χ1n) is 10.9. The molecule has 32 heavy (non-hydrogen) atoms. The van der Waals surface area contributed by atoms with Gasteiger partial charge in [0.15, 0.2) is 5.69 Å². The molecular formula is C22H29N7O2S. The van der Waals surface area contributed by atoms with Gasteiger partial charge in [0, 0.05) is 20.1 Å². The minimum atomic E-state index is -0.217. The van der Waals surface area contributed by atoms with Crippen LogP contribution in [0, 0.1) is 12.8 Å². The fraction of sp³-hybridized carbons (Fsp3) is 0.500. The summed E-state index contributed by atoms with van der Waals surface area (Å²) in [5.41, 5.74) is 1.65. The number of para-hydroxylation sites is 1. The lowest BCUT2D eigenvalue weighted by atomic mass is 9.87. The van der Waals surface area contributed by atoms with Crippen molar-refractivity contribution in [3.05, 3.63) is 46.4 Å². The van der Waals surface area contributed by atoms with Crippen LogP contribution < -0.4 is 5.56 Å². The Morgan fingerprint density at radius 3 is 2.56 bits per heavy atom. The van der Waals surface area contributed by atoms with Crippen LogP contribution in [0.5, 0.6) is 0 Å². The molecule has 1 saturated carbocycles. The molecule has 0 bridgehead atoms. The van der Waals surface area contributed by atoms with Crippen molar-refractivity contribution in [2.24, 2.45) is 13.0 Å². The quantitative estimate of drug-likeness (QED) is 0.531. The Hall–Kier alpha value is -2.88. The number of hydrogen-bond acceptors (Lipinski definition) is 6. The van der Waals surface area contributed by atoms with Gasteiger partial charge in [-0.15, -0.1) is 5.10 Å². The van der Waals surface area contributed by atoms with Gasteiger partial charge < -0.3 is 4.90 Å². The normalized spacial score (nSPS) is 18.6. The monoisotopic (exact) mass is 455 g/mol. The van der Waals surface area contributed by atoms with Gasteiger partial charge in [-0.2, -0.15) is 4.68 Å². The third-order valence-corrected chi connectivity index (χ3v) is 7.33. The zero-order chi connectivity index (χ0) is 22.8. The number of tetrazole rings is 1. The van der Waals surface area contributed by atoms with Crippen molar-refractivity contribution in [1.82, 2.24) is 34.5 Å². The van der Waals surface area contributed by atoms with Crippen LogP contribution in [0.1, 0.15) is 38.3 Å². The standard InChI is InChI=1S/C22H29N7O2S/c1-15-10-12-17(13-11-15)26(3)19(30)14-32-22-23-24-25-28(22)20-16(2)27(4)29(21(20)31)18-8-6-5-7-9-18/h5-9,15,17H,10-14H2,1-4H3. The van der Waals surface area contributed by atoms with E-state index >= 15 is 0 Å². The molecule has 4 rings (SSSR count). The topological polar surface area (TPSA) is 90.8 Å². The molecule has 170 valence electrons. The molecular weight excluding hydrogens is 426 g/mol. The highest BCUT2D eigenvalue weighted by molar-refractivity contribution is 7.99. The third kappa shape index (κ3) is 4.23. The molecule has 0 spiro atoms. The van der Waals surface area contributed by atoms with Crippen LogP contribution in [-0.2, 0) is 11.8 Å². The number of aromatic nitrogens is 6. The SMILES string of the molecule is Cc1c(-n2nnnc2SCC(=O)N(C)C2CCC(C)CC2)c(=O)n(-c2ccccc2)n1C. The van der Waals surface area contributed by atoms with E-state index in [9.17, 15) is 9.59 Å². The van der Waals surface area contributed by atoms with Crippen molar-refractivity contribution in [2.45, 2.75) is 50.7 Å². The summed E-state index contributed by atoms with van der Waals surface area (Å²) in [6.45, 7) is 4.13. The van der Waals surface area contributed by atoms with Crippen molar-refractivity contribution < 1.29 is 4.79 Å². The zero-order valence-electron chi connectivity index (χ0n) is 18.9. The summed E-state index contributed by atoms with van der Waals surface area (Å²) in [6.07, 6.45) is 4.42. The molecule has 1 amide bonds. The van der Waals surface area contributed by atoms with Crippen molar-refractivity contribution in [2.75, 3.05) is 12.8 Å². The smallest absolute Gasteiger partial charge is 0.297 e. The Morgan fingerprint density at radius 1 is 1.19 bits per heavy atom. The van der Waals surface area contributed by atoms with Gasteiger partial charge in [-0.25, -0.2) is 4.68 Å². The van der Waals surface area contributed by atoms with Gasteiger partial charge in [0.2, 0.25) is 11.1 Å². The first-order chi connectivity index (χ1) is 15.4. The molecule has 0 saturated heterocycles. The van der Waals surface area contributed by atoms with Crippen LogP contribution in [0.2, 0.25) is 0 Å². The highest BCUT2D eigenvalue weighted by Crippen LogP contribution is 2.27. The second-order valence-corrected chi connectivity index (χ2v) is 9.43. The summed E-state index contributed by atoms with van der Waals surface area (Å²) in [5, 5.41) is 12.3. The molecule has 10 heteroatoms. The molecule has 9 nitrogen and oxygen atoms in total. The van der Waals surface area contributed by atoms with Crippen LogP contribution in [0.15, 0.2) is 40.3 Å². The second-order valence-electron chi connectivity index (χ2n) is 8.49. The summed E-state index contributed by atoms with van der Waals surface area (Å²) in [4.78, 5) is 27.9. The van der Waals surface area contributed by atoms with Crippen molar-refractivity contribution in [3.8, 4) is 11.4 Å². The van der Waals surface area contributed by atoms with Gasteiger partial charge >= 0.3 is 0 Å². The van der Waals surface area contributed by atoms with E-state index in [1.54, 1.807) is 9.36 Å². The number of hydrogen-bond donors (Lipinski definition) is 0. The van der Waals surface area contributed by atoms with E-state index in [0.717, 1.165) is 43.0 Å². The summed E-state index contributed by atoms with van der Waals surface area (Å²) < 4.78 is 4.81. The number of carbonyl (C=O) groups is 1. The van der Waals surface area contributed by atoms with Crippen molar-refractivity contribution in [3.63, 3.8) is 0 Å². The van der Waals surface area contributed by atoms with Gasteiger partial charge in [-0.1, -0.05) is 36.9 Å². The van der Waals surface area contributed by atoms with Gasteiger partial charge in [0.25, 0.3) is 5.56 Å². The molecule has 0 radical (unpaired) electrons. The lowest BCUT2D eigenvalue weighted by Gasteiger charge is -2.33.